The van der Waals surface area contributed by atoms with Gasteiger partial charge in [0.25, 0.3) is 5.56 Å². The maximum atomic E-state index is 12.5. The third-order valence-corrected chi connectivity index (χ3v) is 6.07. The van der Waals surface area contributed by atoms with Crippen LogP contribution in [0.2, 0.25) is 0 Å². The Hall–Kier alpha value is -3.92. The van der Waals surface area contributed by atoms with Gasteiger partial charge in [0.2, 0.25) is 10.0 Å². The number of alkyl halides is 3. The lowest BCUT2D eigenvalue weighted by molar-refractivity contribution is -0.129. The highest BCUT2D eigenvalue weighted by molar-refractivity contribution is 7.92. The van der Waals surface area contributed by atoms with Gasteiger partial charge in [-0.15, -0.1) is 0 Å². The first-order valence-corrected chi connectivity index (χ1v) is 11.7. The molecule has 2 heterocycles. The summed E-state index contributed by atoms with van der Waals surface area (Å²) in [5.74, 6) is -1.41. The Morgan fingerprint density at radius 2 is 1.89 bits per heavy atom. The topological polar surface area (TPSA) is 127 Å². The molecule has 0 amide bonds. The van der Waals surface area contributed by atoms with E-state index in [4.69, 9.17) is 4.74 Å². The number of hydrogen-bond donors (Lipinski definition) is 1. The molecule has 0 spiro atoms. The smallest absolute Gasteiger partial charge is 0.390 e. The van der Waals surface area contributed by atoms with Crippen LogP contribution >= 0.6 is 0 Å². The maximum absolute atomic E-state index is 12.5. The quantitative estimate of drug-likeness (QED) is 0.515. The first kappa shape index (κ1) is 25.7. The van der Waals surface area contributed by atoms with E-state index >= 15 is 0 Å². The molecule has 0 saturated heterocycles. The van der Waals surface area contributed by atoms with E-state index in [2.05, 4.69) is 9.97 Å². The monoisotopic (exact) mass is 507 g/mol. The lowest BCUT2D eigenvalue weighted by Gasteiger charge is -2.14. The summed E-state index contributed by atoms with van der Waals surface area (Å²) < 4.78 is 71.2. The molecule has 3 aromatic rings. The molecule has 0 aliphatic carbocycles. The van der Waals surface area contributed by atoms with Crippen LogP contribution < -0.4 is 15.0 Å². The molecule has 13 heteroatoms. The zero-order valence-corrected chi connectivity index (χ0v) is 19.7. The molecule has 0 aliphatic rings. The van der Waals surface area contributed by atoms with Crippen molar-refractivity contribution in [1.82, 2.24) is 14.5 Å². The molecule has 9 nitrogen and oxygen atoms in total. The summed E-state index contributed by atoms with van der Waals surface area (Å²) in [6.45, 7) is 3.26. The number of aromatic nitrogens is 3. The lowest BCUT2D eigenvalue weighted by Crippen LogP contribution is -2.22. The first-order chi connectivity index (χ1) is 16.3. The van der Waals surface area contributed by atoms with Crippen LogP contribution in [-0.2, 0) is 17.1 Å². The number of benzene rings is 1. The number of nitrogens with zero attached hydrogens (tertiary/aromatic N) is 4. The van der Waals surface area contributed by atoms with Crippen molar-refractivity contribution in [3.8, 4) is 29.1 Å². The molecule has 0 unspecified atom stereocenters. The minimum absolute atomic E-state index is 0.134. The molecule has 0 fully saturated rings. The number of aryl methyl sites for hydroxylation is 3. The second kappa shape index (κ2) is 9.75. The number of ether oxygens (including phenoxy) is 1. The molecule has 35 heavy (non-hydrogen) atoms. The van der Waals surface area contributed by atoms with Crippen LogP contribution in [0.1, 0.15) is 23.1 Å². The Morgan fingerprint density at radius 3 is 2.51 bits per heavy atom. The number of nitriles is 1. The van der Waals surface area contributed by atoms with Crippen LogP contribution in [0.15, 0.2) is 41.3 Å². The average Bonchev–Trinajstić information content (AvgIpc) is 2.76. The Balaban J connectivity index is 2.10. The second-order valence-electron chi connectivity index (χ2n) is 7.70. The Kier molecular flexibility index (Phi) is 7.16. The second-order valence-corrected chi connectivity index (χ2v) is 9.54. The third-order valence-electron chi connectivity index (χ3n) is 4.80. The fraction of sp³-hybridized carbons (Fsp3) is 0.273. The first-order valence-electron chi connectivity index (χ1n) is 10.1. The van der Waals surface area contributed by atoms with E-state index in [1.807, 2.05) is 10.8 Å². The maximum Gasteiger partial charge on any atom is 0.390 e. The molecule has 2 aromatic heterocycles. The number of nitrogens with one attached hydrogen (secondary N) is 1. The number of hydrogen-bond acceptors (Lipinski definition) is 7. The van der Waals surface area contributed by atoms with Crippen molar-refractivity contribution in [1.29, 1.82) is 5.26 Å². The van der Waals surface area contributed by atoms with E-state index in [-0.39, 0.29) is 34.4 Å². The van der Waals surface area contributed by atoms with E-state index in [1.54, 1.807) is 26.0 Å². The summed E-state index contributed by atoms with van der Waals surface area (Å²) in [5, 5.41) is 9.39. The van der Waals surface area contributed by atoms with E-state index in [9.17, 15) is 31.6 Å². The summed E-state index contributed by atoms with van der Waals surface area (Å²) >= 11 is 0. The highest BCUT2D eigenvalue weighted by Gasteiger charge is 2.30. The van der Waals surface area contributed by atoms with Crippen molar-refractivity contribution in [3.63, 3.8) is 0 Å². The molecule has 1 aromatic carbocycles. The van der Waals surface area contributed by atoms with Gasteiger partial charge in [-0.2, -0.15) is 28.4 Å². The van der Waals surface area contributed by atoms with Gasteiger partial charge in [0, 0.05) is 30.4 Å². The Morgan fingerprint density at radius 1 is 1.17 bits per heavy atom. The van der Waals surface area contributed by atoms with Crippen molar-refractivity contribution in [2.45, 2.75) is 26.4 Å². The van der Waals surface area contributed by atoms with Gasteiger partial charge in [-0.25, -0.2) is 8.42 Å². The molecule has 184 valence electrons. The van der Waals surface area contributed by atoms with Gasteiger partial charge in [-0.1, -0.05) is 12.1 Å². The third kappa shape index (κ3) is 6.57. The Labute approximate surface area is 198 Å². The number of pyridine rings is 1. The number of para-hydroxylation sites is 1. The van der Waals surface area contributed by atoms with Gasteiger partial charge < -0.3 is 9.30 Å². The van der Waals surface area contributed by atoms with Crippen LogP contribution in [-0.4, -0.2) is 34.9 Å². The predicted molar refractivity (Wildman–Crippen MR) is 121 cm³/mol. The zero-order valence-electron chi connectivity index (χ0n) is 18.8. The number of sulfonamides is 1. The summed E-state index contributed by atoms with van der Waals surface area (Å²) in [5.41, 5.74) is 1.40. The van der Waals surface area contributed by atoms with Crippen LogP contribution in [0.5, 0.6) is 11.8 Å². The largest absolute Gasteiger partial charge is 0.423 e. The van der Waals surface area contributed by atoms with Crippen molar-refractivity contribution < 1.29 is 26.3 Å². The summed E-state index contributed by atoms with van der Waals surface area (Å²) in [6.07, 6.45) is -4.75. The molecule has 0 aliphatic heterocycles. The van der Waals surface area contributed by atoms with Crippen molar-refractivity contribution in [2.75, 3.05) is 10.5 Å². The molecular formula is C22H20F3N5O4S. The van der Waals surface area contributed by atoms with Gasteiger partial charge >= 0.3 is 12.2 Å². The predicted octanol–water partition coefficient (Wildman–Crippen LogP) is 3.82. The highest BCUT2D eigenvalue weighted by Crippen LogP contribution is 2.30. The minimum atomic E-state index is -4.66. The molecule has 0 bridgehead atoms. The van der Waals surface area contributed by atoms with Gasteiger partial charge in [0.15, 0.2) is 5.75 Å². The SMILES string of the molecule is Cc1cccc(C#N)c1Oc1nc(NS(=O)(=O)CCC(F)(F)F)cc(-c2cc(C)c(=O)n(C)c2)n1. The van der Waals surface area contributed by atoms with Gasteiger partial charge in [-0.05, 0) is 31.5 Å². The van der Waals surface area contributed by atoms with E-state index in [0.717, 1.165) is 0 Å². The standard InChI is InChI=1S/C22H20F3N5O4S/c1-13-5-4-6-15(11-26)19(13)34-21-27-17(16-9-14(2)20(31)30(3)12-16)10-18(28-21)29-35(32,33)8-7-22(23,24)25/h4-6,9-10,12H,7-8H2,1-3H3,(H,27,28,29). The summed E-state index contributed by atoms with van der Waals surface area (Å²) in [4.78, 5) is 20.3. The molecule has 0 saturated carbocycles. The molecule has 0 radical (unpaired) electrons. The summed E-state index contributed by atoms with van der Waals surface area (Å²) in [6, 6.07) is 9.17. The molecule has 0 atom stereocenters. The number of rotatable bonds is 7. The normalized spacial score (nSPS) is 11.7. The van der Waals surface area contributed by atoms with E-state index in [1.165, 1.54) is 36.0 Å². The average molecular weight is 507 g/mol. The van der Waals surface area contributed by atoms with Gasteiger partial charge in [-0.3, -0.25) is 9.52 Å². The fourth-order valence-electron chi connectivity index (χ4n) is 3.12. The Bertz CT molecular complexity index is 1450. The van der Waals surface area contributed by atoms with Crippen molar-refractivity contribution in [2.24, 2.45) is 7.05 Å². The molecule has 3 rings (SSSR count). The minimum Gasteiger partial charge on any atom is -0.423 e. The lowest BCUT2D eigenvalue weighted by atomic mass is 10.1. The zero-order chi connectivity index (χ0) is 26.0. The highest BCUT2D eigenvalue weighted by atomic mass is 32.2. The van der Waals surface area contributed by atoms with Crippen LogP contribution in [0.3, 0.4) is 0 Å². The van der Waals surface area contributed by atoms with E-state index in [0.29, 0.717) is 16.7 Å². The van der Waals surface area contributed by atoms with Crippen molar-refractivity contribution in [3.05, 3.63) is 63.6 Å². The van der Waals surface area contributed by atoms with Crippen LogP contribution in [0.25, 0.3) is 11.3 Å². The van der Waals surface area contributed by atoms with Crippen LogP contribution in [0, 0.1) is 25.2 Å². The van der Waals surface area contributed by atoms with E-state index < -0.39 is 28.4 Å². The summed E-state index contributed by atoms with van der Waals surface area (Å²) in [7, 11) is -2.91. The fourth-order valence-corrected chi connectivity index (χ4v) is 4.14. The number of halogens is 3. The van der Waals surface area contributed by atoms with Gasteiger partial charge in [0.1, 0.15) is 11.9 Å². The molecule has 1 N–H and O–H groups in total. The number of anilines is 1. The molecular weight excluding hydrogens is 487 g/mol. The van der Waals surface area contributed by atoms with Crippen molar-refractivity contribution >= 4 is 15.8 Å². The van der Waals surface area contributed by atoms with Gasteiger partial charge in [0.05, 0.1) is 23.4 Å². The van der Waals surface area contributed by atoms with Crippen LogP contribution in [0.4, 0.5) is 19.0 Å².